The van der Waals surface area contributed by atoms with Crippen molar-refractivity contribution in [3.05, 3.63) is 76.7 Å². The highest BCUT2D eigenvalue weighted by molar-refractivity contribution is 6.31. The van der Waals surface area contributed by atoms with E-state index in [1.165, 1.54) is 30.7 Å². The van der Waals surface area contributed by atoms with Crippen LogP contribution in [0.1, 0.15) is 51.2 Å². The summed E-state index contributed by atoms with van der Waals surface area (Å²) in [5.74, 6) is -4.30. The third-order valence-electron chi connectivity index (χ3n) is 6.27. The number of H-pyrrole nitrogens is 1. The Kier molecular flexibility index (Phi) is 4.91. The molecule has 6 rings (SSSR count). The van der Waals surface area contributed by atoms with Crippen molar-refractivity contribution in [3.8, 4) is 16.9 Å². The third kappa shape index (κ3) is 3.82. The fourth-order valence-electron chi connectivity index (χ4n) is 4.60. The van der Waals surface area contributed by atoms with Gasteiger partial charge in [-0.05, 0) is 53.4 Å². The number of imidazole rings is 1. The minimum atomic E-state index is -2.62. The van der Waals surface area contributed by atoms with Crippen molar-refractivity contribution in [1.29, 1.82) is 0 Å². The van der Waals surface area contributed by atoms with E-state index in [1.807, 2.05) is 0 Å². The van der Waals surface area contributed by atoms with E-state index in [-0.39, 0.29) is 46.2 Å². The van der Waals surface area contributed by atoms with Crippen molar-refractivity contribution < 1.29 is 27.6 Å². The van der Waals surface area contributed by atoms with Crippen molar-refractivity contribution in [2.24, 2.45) is 0 Å². The lowest BCUT2D eigenvalue weighted by Crippen LogP contribution is -2.39. The number of nitrogens with zero attached hydrogens (tertiary/aromatic N) is 7. The maximum Gasteiger partial charge on any atom is 0.357 e. The van der Waals surface area contributed by atoms with E-state index < -0.39 is 53.2 Å². The van der Waals surface area contributed by atoms with Gasteiger partial charge in [-0.1, -0.05) is 11.6 Å². The van der Waals surface area contributed by atoms with Gasteiger partial charge < -0.3 is 15.0 Å². The zero-order chi connectivity index (χ0) is 29.3. The molecule has 11 nitrogen and oxygen atoms in total. The molecule has 4 aromatic rings. The second-order valence-electron chi connectivity index (χ2n) is 8.41. The molecule has 2 atom stereocenters. The first-order chi connectivity index (χ1) is 19.5. The predicted octanol–water partition coefficient (Wildman–Crippen LogP) is 3.60. The number of halogens is 3. The zero-order valence-electron chi connectivity index (χ0n) is 22.1. The van der Waals surface area contributed by atoms with E-state index in [1.54, 1.807) is 0 Å². The van der Waals surface area contributed by atoms with Crippen LogP contribution in [0, 0.1) is 11.6 Å². The molecular formula is C24H17ClF2N8O3. The molecule has 1 amide bonds. The SMILES string of the molecule is [2H]C1([2H])C(c2c(-n3cnnn3)ccc(Cl)c2F)=CC(=O)N2[C@H](c3ncc(-c4ccnc(C(=O)O)c4F)[nH]3)CC[C@@]21[2H]. The van der Waals surface area contributed by atoms with Crippen molar-refractivity contribution >= 4 is 29.1 Å². The Bertz CT molecular complexity index is 1770. The number of pyridine rings is 1. The second kappa shape index (κ2) is 9.10. The number of fused-ring (bicyclic) bond motifs is 1. The lowest BCUT2D eigenvalue weighted by molar-refractivity contribution is -0.129. The number of carboxylic acids is 1. The maximum atomic E-state index is 15.5. The summed E-state index contributed by atoms with van der Waals surface area (Å²) in [6, 6.07) is 0.748. The van der Waals surface area contributed by atoms with Crippen LogP contribution in [0.5, 0.6) is 0 Å². The number of carbonyl (C=O) groups is 2. The molecule has 0 unspecified atom stereocenters. The van der Waals surface area contributed by atoms with Crippen LogP contribution in [0.3, 0.4) is 0 Å². The summed E-state index contributed by atoms with van der Waals surface area (Å²) >= 11 is 6.03. The normalized spacial score (nSPS) is 23.4. The number of tetrazole rings is 1. The summed E-state index contributed by atoms with van der Waals surface area (Å²) in [6.07, 6.45) is 1.78. The summed E-state index contributed by atoms with van der Waals surface area (Å²) in [7, 11) is 0. The number of aromatic nitrogens is 7. The van der Waals surface area contributed by atoms with E-state index >= 15 is 4.39 Å². The smallest absolute Gasteiger partial charge is 0.357 e. The molecule has 0 bridgehead atoms. The highest BCUT2D eigenvalue weighted by Crippen LogP contribution is 2.44. The number of carbonyl (C=O) groups excluding carboxylic acids is 1. The topological polar surface area (TPSA) is 143 Å². The number of amides is 1. The van der Waals surface area contributed by atoms with Gasteiger partial charge in [-0.25, -0.2) is 23.5 Å². The molecule has 1 saturated heterocycles. The van der Waals surface area contributed by atoms with Crippen LogP contribution in [0.4, 0.5) is 8.78 Å². The van der Waals surface area contributed by atoms with Crippen molar-refractivity contribution in [2.45, 2.75) is 31.3 Å². The van der Waals surface area contributed by atoms with Crippen LogP contribution in [0.25, 0.3) is 22.5 Å². The van der Waals surface area contributed by atoms with Gasteiger partial charge in [0.15, 0.2) is 17.3 Å². The number of hydrogen-bond donors (Lipinski definition) is 2. The number of rotatable bonds is 5. The molecule has 14 heteroatoms. The lowest BCUT2D eigenvalue weighted by Gasteiger charge is -2.33. The number of hydrogen-bond acceptors (Lipinski definition) is 7. The average Bonchev–Trinajstić information content (AvgIpc) is 3.69. The quantitative estimate of drug-likeness (QED) is 0.390. The Morgan fingerprint density at radius 1 is 1.24 bits per heavy atom. The number of aromatic amines is 1. The Balaban J connectivity index is 1.43. The molecule has 1 aromatic carbocycles. The molecule has 0 aliphatic carbocycles. The van der Waals surface area contributed by atoms with Gasteiger partial charge >= 0.3 is 5.97 Å². The molecule has 2 aliphatic heterocycles. The Hall–Kier alpha value is -4.52. The first-order valence-electron chi connectivity index (χ1n) is 12.7. The van der Waals surface area contributed by atoms with E-state index in [9.17, 15) is 20.5 Å². The zero-order valence-corrected chi connectivity index (χ0v) is 19.8. The standard InChI is InChI=1S/C24H17ClF2N8O3/c25-14-2-4-16(34-10-30-32-33-34)19(21(14)27)11-7-12-1-3-17(35(12)18(36)8-11)23-29-9-15(31-23)13-5-6-28-22(20(13)26)24(37)38/h2,4-6,8-10,12,17H,1,3,7H2,(H,29,31)(H,37,38)/t12-,17+/m1/s1/i7D2,12D. The van der Waals surface area contributed by atoms with Crippen LogP contribution in [0.15, 0.2) is 43.0 Å². The fraction of sp³-hybridized carbons (Fsp3) is 0.208. The molecule has 0 radical (unpaired) electrons. The van der Waals surface area contributed by atoms with Gasteiger partial charge in [0.25, 0.3) is 0 Å². The van der Waals surface area contributed by atoms with Gasteiger partial charge in [-0.2, -0.15) is 4.68 Å². The molecule has 0 spiro atoms. The lowest BCUT2D eigenvalue weighted by atomic mass is 9.92. The third-order valence-corrected chi connectivity index (χ3v) is 6.56. The van der Waals surface area contributed by atoms with E-state index in [0.29, 0.717) is 0 Å². The number of carboxylic acid groups (broad SMARTS) is 1. The monoisotopic (exact) mass is 541 g/mol. The summed E-state index contributed by atoms with van der Waals surface area (Å²) in [5, 5.41) is 19.6. The van der Waals surface area contributed by atoms with Crippen LogP contribution in [0.2, 0.25) is 5.02 Å². The van der Waals surface area contributed by atoms with Gasteiger partial charge in [0, 0.05) is 32.2 Å². The molecule has 38 heavy (non-hydrogen) atoms. The van der Waals surface area contributed by atoms with Crippen molar-refractivity contribution in [1.82, 2.24) is 40.1 Å². The van der Waals surface area contributed by atoms with Crippen LogP contribution in [-0.2, 0) is 4.79 Å². The Morgan fingerprint density at radius 3 is 2.84 bits per heavy atom. The average molecular weight is 542 g/mol. The van der Waals surface area contributed by atoms with E-state index in [2.05, 4.69) is 30.5 Å². The molecule has 1 fully saturated rings. The molecule has 2 aliphatic rings. The molecular weight excluding hydrogens is 522 g/mol. The predicted molar refractivity (Wildman–Crippen MR) is 128 cm³/mol. The highest BCUT2D eigenvalue weighted by Gasteiger charge is 2.42. The van der Waals surface area contributed by atoms with Gasteiger partial charge in [0.05, 0.1) is 30.0 Å². The van der Waals surface area contributed by atoms with E-state index in [0.717, 1.165) is 21.9 Å². The molecule has 3 aromatic heterocycles. The number of nitrogens with one attached hydrogen (secondary N) is 1. The van der Waals surface area contributed by atoms with Gasteiger partial charge in [-0.3, -0.25) is 4.79 Å². The molecule has 192 valence electrons. The van der Waals surface area contributed by atoms with Gasteiger partial charge in [0.1, 0.15) is 12.2 Å². The summed E-state index contributed by atoms with van der Waals surface area (Å²) in [5.41, 5.74) is -1.56. The van der Waals surface area contributed by atoms with Crippen molar-refractivity contribution in [2.75, 3.05) is 0 Å². The fourth-order valence-corrected chi connectivity index (χ4v) is 4.76. The minimum Gasteiger partial charge on any atom is -0.476 e. The highest BCUT2D eigenvalue weighted by atomic mass is 35.5. The summed E-state index contributed by atoms with van der Waals surface area (Å²) in [6.45, 7) is 0. The Morgan fingerprint density at radius 2 is 2.08 bits per heavy atom. The largest absolute Gasteiger partial charge is 0.476 e. The van der Waals surface area contributed by atoms with Crippen molar-refractivity contribution in [3.63, 3.8) is 0 Å². The molecule has 0 saturated carbocycles. The Labute approximate surface area is 222 Å². The number of aromatic carboxylic acids is 1. The van der Waals surface area contributed by atoms with Crippen LogP contribution in [-0.4, -0.2) is 63.1 Å². The van der Waals surface area contributed by atoms with E-state index in [4.69, 9.17) is 14.3 Å². The minimum absolute atomic E-state index is 0.0159. The van der Waals surface area contributed by atoms with Crippen LogP contribution >= 0.6 is 11.6 Å². The van der Waals surface area contributed by atoms with Gasteiger partial charge in [0.2, 0.25) is 5.91 Å². The summed E-state index contributed by atoms with van der Waals surface area (Å²) in [4.78, 5) is 36.5. The van der Waals surface area contributed by atoms with Crippen LogP contribution < -0.4 is 0 Å². The maximum absolute atomic E-state index is 15.5. The molecule has 5 heterocycles. The first kappa shape index (κ1) is 20.5. The second-order valence-corrected chi connectivity index (χ2v) is 8.82. The molecule has 2 N–H and O–H groups in total. The first-order valence-corrected chi connectivity index (χ1v) is 11.5. The number of benzene rings is 1. The van der Waals surface area contributed by atoms with Gasteiger partial charge in [-0.15, -0.1) is 5.10 Å². The summed E-state index contributed by atoms with van der Waals surface area (Å²) < 4.78 is 58.6.